The maximum absolute atomic E-state index is 13.9. The third-order valence-corrected chi connectivity index (χ3v) is 7.56. The van der Waals surface area contributed by atoms with E-state index >= 15 is 0 Å². The minimum absolute atomic E-state index is 0.214. The maximum Gasteiger partial charge on any atom is 0.266 e. The molecular weight excluding hydrogens is 528 g/mol. The minimum Gasteiger partial charge on any atom is -0.740 e. The summed E-state index contributed by atoms with van der Waals surface area (Å²) in [5.74, 6) is 1.24. The number of aromatic amines is 2. The van der Waals surface area contributed by atoms with E-state index in [-0.39, 0.29) is 33.3 Å². The molecule has 10 nitrogen and oxygen atoms in total. The lowest BCUT2D eigenvalue weighted by Crippen LogP contribution is -2.30. The van der Waals surface area contributed by atoms with Gasteiger partial charge in [0.2, 0.25) is 22.9 Å². The van der Waals surface area contributed by atoms with Crippen molar-refractivity contribution >= 4 is 45.9 Å². The van der Waals surface area contributed by atoms with Crippen molar-refractivity contribution in [3.63, 3.8) is 0 Å². The third kappa shape index (κ3) is 5.18. The summed E-state index contributed by atoms with van der Waals surface area (Å²) in [7, 11) is 0. The van der Waals surface area contributed by atoms with E-state index in [0.29, 0.717) is 34.2 Å². The first-order valence-electron chi connectivity index (χ1n) is 14.4. The van der Waals surface area contributed by atoms with Crippen molar-refractivity contribution in [2.45, 2.75) is 93.9 Å². The molecule has 5 heterocycles. The smallest absolute Gasteiger partial charge is 0.266 e. The van der Waals surface area contributed by atoms with E-state index in [0.717, 1.165) is 31.7 Å². The van der Waals surface area contributed by atoms with Gasteiger partial charge in [0.1, 0.15) is 0 Å². The number of nitrogens with one attached hydrogen (secondary N) is 2. The first-order valence-corrected chi connectivity index (χ1v) is 14.4. The molecule has 2 aliphatic rings. The summed E-state index contributed by atoms with van der Waals surface area (Å²) in [6.45, 7) is 24.7. The van der Waals surface area contributed by atoms with Gasteiger partial charge in [-0.3, -0.25) is 9.97 Å². The Hall–Kier alpha value is -4.08. The molecule has 10 heteroatoms. The molecule has 42 heavy (non-hydrogen) atoms. The van der Waals surface area contributed by atoms with E-state index in [1.54, 1.807) is 12.2 Å². The second kappa shape index (κ2) is 9.21. The summed E-state index contributed by atoms with van der Waals surface area (Å²) in [5.41, 5.74) is 3.69. The molecule has 0 aromatic carbocycles. The van der Waals surface area contributed by atoms with Crippen LogP contribution in [0.25, 0.3) is 45.9 Å². The average Bonchev–Trinajstić information content (AvgIpc) is 3.60. The number of aromatic nitrogens is 8. The summed E-state index contributed by atoms with van der Waals surface area (Å²) < 4.78 is 1.60. The molecule has 0 saturated heterocycles. The van der Waals surface area contributed by atoms with Crippen LogP contribution >= 0.6 is 0 Å². The maximum atomic E-state index is 13.9. The van der Waals surface area contributed by atoms with Crippen LogP contribution < -0.4 is 9.46 Å². The van der Waals surface area contributed by atoms with E-state index in [4.69, 9.17) is 19.9 Å². The fourth-order valence-electron chi connectivity index (χ4n) is 5.13. The van der Waals surface area contributed by atoms with Crippen LogP contribution in [-0.4, -0.2) is 29.9 Å². The van der Waals surface area contributed by atoms with Crippen LogP contribution in [0.1, 0.15) is 118 Å². The highest BCUT2D eigenvalue weighted by Gasteiger charge is 2.34. The molecular formula is C32H42N8O2. The van der Waals surface area contributed by atoms with Gasteiger partial charge in [0, 0.05) is 46.6 Å². The number of H-pyrrole nitrogens is 2. The van der Waals surface area contributed by atoms with Gasteiger partial charge in [-0.15, -0.1) is 0 Å². The lowest BCUT2D eigenvalue weighted by molar-refractivity contribution is -0.584. The fraction of sp³-hybridized carbons (Fsp3) is 0.500. The van der Waals surface area contributed by atoms with Gasteiger partial charge in [-0.05, 0) is 21.7 Å². The molecule has 2 aliphatic heterocycles. The molecule has 2 N–H and O–H groups in total. The lowest BCUT2D eigenvalue weighted by atomic mass is 9.85. The van der Waals surface area contributed by atoms with Crippen LogP contribution in [0.5, 0.6) is 0 Å². The Bertz CT molecular complexity index is 1700. The van der Waals surface area contributed by atoms with E-state index in [1.165, 1.54) is 0 Å². The summed E-state index contributed by atoms with van der Waals surface area (Å²) in [4.78, 5) is 25.8. The number of hydrogen-bond acceptors (Lipinski definition) is 6. The lowest BCUT2D eigenvalue weighted by Gasteiger charge is -2.19. The molecule has 0 unspecified atom stereocenters. The monoisotopic (exact) mass is 570 g/mol. The van der Waals surface area contributed by atoms with Crippen molar-refractivity contribution in [3.8, 4) is 0 Å². The topological polar surface area (TPSA) is 137 Å². The van der Waals surface area contributed by atoms with Gasteiger partial charge in [0.05, 0.1) is 0 Å². The molecule has 0 amide bonds. The molecule has 0 atom stereocenters. The van der Waals surface area contributed by atoms with Crippen molar-refractivity contribution in [2.24, 2.45) is 10.8 Å². The number of nitrogens with zero attached hydrogens (tertiary/aromatic N) is 6. The normalized spacial score (nSPS) is 14.7. The molecule has 0 spiro atoms. The fourth-order valence-corrected chi connectivity index (χ4v) is 5.13. The Labute approximate surface area is 246 Å². The highest BCUT2D eigenvalue weighted by atomic mass is 16.5. The Morgan fingerprint density at radius 1 is 0.524 bits per heavy atom. The molecule has 0 saturated carbocycles. The Kier molecular flexibility index (Phi) is 6.45. The number of fused-ring (bicyclic) bond motifs is 8. The van der Waals surface area contributed by atoms with Crippen LogP contribution in [0.3, 0.4) is 0 Å². The molecule has 0 radical (unpaired) electrons. The van der Waals surface area contributed by atoms with Gasteiger partial charge >= 0.3 is 0 Å². The predicted molar refractivity (Wildman–Crippen MR) is 167 cm³/mol. The summed E-state index contributed by atoms with van der Waals surface area (Å²) >= 11 is 0. The average molecular weight is 571 g/mol. The van der Waals surface area contributed by atoms with Crippen molar-refractivity contribution in [1.29, 1.82) is 0 Å². The first kappa shape index (κ1) is 29.4. The summed E-state index contributed by atoms with van der Waals surface area (Å²) in [5, 5.41) is 27.7. The highest BCUT2D eigenvalue weighted by molar-refractivity contribution is 5.85. The molecule has 5 rings (SSSR count). The Morgan fingerprint density at radius 3 is 1.19 bits per heavy atom. The first-order chi connectivity index (χ1) is 19.1. The van der Waals surface area contributed by atoms with Gasteiger partial charge in [0.25, 0.3) is 11.6 Å². The van der Waals surface area contributed by atoms with Crippen molar-refractivity contribution < 1.29 is 9.46 Å². The zero-order chi connectivity index (χ0) is 31.2. The molecule has 3 aromatic rings. The zero-order valence-corrected chi connectivity index (χ0v) is 26.8. The molecule has 222 valence electrons. The van der Waals surface area contributed by atoms with E-state index in [9.17, 15) is 10.4 Å². The largest absolute Gasteiger partial charge is 0.740 e. The van der Waals surface area contributed by atoms with E-state index < -0.39 is 0 Å². The molecule has 8 bridgehead atoms. The second-order valence-corrected chi connectivity index (χ2v) is 15.3. The van der Waals surface area contributed by atoms with Crippen LogP contribution in [0.4, 0.5) is 0 Å². The quantitative estimate of drug-likeness (QED) is 0.246. The van der Waals surface area contributed by atoms with Crippen LogP contribution in [0.15, 0.2) is 12.1 Å². The van der Waals surface area contributed by atoms with Crippen LogP contribution in [-0.2, 0) is 10.8 Å². The standard InChI is InChI=1S/C32H42N8O2/c1-29(2,3)17-13-21-33-25(17)37-26-18(30(4,5)6)14-23(34-26)40(42)24-16-20(32(10,11)12)28(36-24)38-27-19(31(7,8)9)15-22(35-27)39(21)41/h13-16H,1-12H3,(H2,33,34,37). The Balaban J connectivity index is 2.04. The van der Waals surface area contributed by atoms with Crippen molar-refractivity contribution in [1.82, 2.24) is 29.9 Å². The SMILES string of the molecule is CC(C)(C)C1=Cc2nc1nc1nc([n+]([O-])c3cc(C(C)(C)C)c(nc4[nH]c(cc4C(C)(C)C)[n+]2[O-])[nH]3)C=C1C(C)(C)C. The number of rotatable bonds is 0. The van der Waals surface area contributed by atoms with Crippen molar-refractivity contribution in [2.75, 3.05) is 0 Å². The van der Waals surface area contributed by atoms with Gasteiger partial charge in [0.15, 0.2) is 11.3 Å². The second-order valence-electron chi connectivity index (χ2n) is 15.3. The van der Waals surface area contributed by atoms with Crippen LogP contribution in [0.2, 0.25) is 0 Å². The highest BCUT2D eigenvalue weighted by Crippen LogP contribution is 2.39. The molecule has 0 aliphatic carbocycles. The third-order valence-electron chi connectivity index (χ3n) is 7.56. The summed E-state index contributed by atoms with van der Waals surface area (Å²) in [6.07, 6.45) is 3.57. The zero-order valence-electron chi connectivity index (χ0n) is 26.8. The minimum atomic E-state index is -0.355. The molecule has 3 aromatic heterocycles. The van der Waals surface area contributed by atoms with E-state index in [1.807, 2.05) is 12.1 Å². The molecule has 0 fully saturated rings. The van der Waals surface area contributed by atoms with Gasteiger partial charge < -0.3 is 10.4 Å². The number of hydrogen-bond donors (Lipinski definition) is 2. The van der Waals surface area contributed by atoms with Gasteiger partial charge in [-0.25, -0.2) is 9.46 Å². The van der Waals surface area contributed by atoms with Crippen molar-refractivity contribution in [3.05, 3.63) is 57.0 Å². The van der Waals surface area contributed by atoms with E-state index in [2.05, 4.69) is 93.1 Å². The van der Waals surface area contributed by atoms with Crippen LogP contribution in [0, 0.1) is 21.2 Å². The Morgan fingerprint density at radius 2 is 0.881 bits per heavy atom. The number of allylic oxidation sites excluding steroid dienone is 2. The van der Waals surface area contributed by atoms with Gasteiger partial charge in [-0.2, -0.15) is 9.97 Å². The summed E-state index contributed by atoms with van der Waals surface area (Å²) in [6, 6.07) is 3.66. The predicted octanol–water partition coefficient (Wildman–Crippen LogP) is 6.14. The van der Waals surface area contributed by atoms with Gasteiger partial charge in [-0.1, -0.05) is 93.1 Å².